The fourth-order valence-electron chi connectivity index (χ4n) is 10.6. The van der Waals surface area contributed by atoms with Crippen molar-refractivity contribution in [2.75, 3.05) is 44.5 Å². The number of ether oxygens (including phenoxy) is 1. The van der Waals surface area contributed by atoms with Gasteiger partial charge >= 0.3 is 12.1 Å². The van der Waals surface area contributed by atoms with E-state index in [1.807, 2.05) is 48.5 Å². The zero-order chi connectivity index (χ0) is 75.0. The summed E-state index contributed by atoms with van der Waals surface area (Å²) in [4.78, 5) is 179. The molecule has 552 valence electrons. The maximum Gasteiger partial charge on any atom is 0.407 e. The lowest BCUT2D eigenvalue weighted by molar-refractivity contribution is -0.138. The van der Waals surface area contributed by atoms with E-state index in [4.69, 9.17) is 21.9 Å². The summed E-state index contributed by atoms with van der Waals surface area (Å²) in [5, 5.41) is 67.4. The largest absolute Gasteiger partial charge is 0.481 e. The van der Waals surface area contributed by atoms with Crippen molar-refractivity contribution in [3.05, 3.63) is 131 Å². The predicted molar refractivity (Wildman–Crippen MR) is 373 cm³/mol. The number of alkyl carbamates (subject to hydrolysis) is 1. The van der Waals surface area contributed by atoms with Crippen molar-refractivity contribution in [1.82, 2.24) is 58.5 Å². The molecule has 0 bridgehead atoms. The zero-order valence-corrected chi connectivity index (χ0v) is 57.6. The third-order valence-electron chi connectivity index (χ3n) is 15.9. The highest BCUT2D eigenvalue weighted by Gasteiger charge is 2.37. The van der Waals surface area contributed by atoms with Crippen molar-refractivity contribution in [3.8, 4) is 11.1 Å². The van der Waals surface area contributed by atoms with E-state index in [0.717, 1.165) is 34.0 Å². The average Bonchev–Trinajstić information content (AvgIpc) is 1.62. The molecule has 12 amide bonds. The first-order valence-electron chi connectivity index (χ1n) is 32.8. The second-order valence-corrected chi connectivity index (χ2v) is 25.4. The van der Waals surface area contributed by atoms with Crippen LogP contribution in [-0.4, -0.2) is 208 Å². The Morgan fingerprint density at radius 2 is 1.00 bits per heavy atom. The summed E-state index contributed by atoms with van der Waals surface area (Å²) in [6.45, 7) is 2.86. The van der Waals surface area contributed by atoms with Gasteiger partial charge in [-0.3, -0.25) is 62.5 Å². The van der Waals surface area contributed by atoms with Crippen LogP contribution in [0.25, 0.3) is 11.1 Å². The molecule has 0 aliphatic heterocycles. The maximum absolute atomic E-state index is 14.5. The van der Waals surface area contributed by atoms with E-state index in [1.165, 1.54) is 13.8 Å². The molecule has 1 aliphatic rings. The minimum absolute atomic E-state index is 0.0414. The second kappa shape index (κ2) is 41.8. The van der Waals surface area contributed by atoms with E-state index in [9.17, 15) is 82.8 Å². The number of carboxylic acids is 1. The number of aliphatic hydroxyl groups excluding tert-OH is 3. The summed E-state index contributed by atoms with van der Waals surface area (Å²) in [6.07, 6.45) is -4.30. The van der Waals surface area contributed by atoms with Crippen molar-refractivity contribution < 1.29 is 87.5 Å². The number of aliphatic imine (C=N–C) groups is 1. The van der Waals surface area contributed by atoms with E-state index < -0.39 is 170 Å². The number of nitrogens with two attached hydrogens (primary N) is 3. The van der Waals surface area contributed by atoms with Gasteiger partial charge < -0.3 is 101 Å². The fourth-order valence-corrected chi connectivity index (χ4v) is 11.5. The molecule has 1 aliphatic carbocycles. The number of benzene rings is 4. The van der Waals surface area contributed by atoms with Gasteiger partial charge in [0.25, 0.3) is 0 Å². The molecule has 102 heavy (non-hydrogen) atoms. The van der Waals surface area contributed by atoms with Gasteiger partial charge in [0.05, 0.1) is 31.7 Å². The number of carbonyl (C=O) groups excluding carboxylic acids is 12. The zero-order valence-electron chi connectivity index (χ0n) is 56.8. The standard InChI is InChI=1S/C68H91N15O18S/c1-37(2)28-49(62(95)76-47(24-15-27-72-67(70)71)60(93)77-48(25-26-56(89)90)61(94)79-52(32-84)58(69)91)75-55(88)31-73-59(92)50(29-40-16-7-5-8-17-40)78-65(98)54(35-102-36-74-39(4)87)81-64(97)53(33-85)80-66(99)57(38(3)86)83-63(96)51(30-41-18-9-6-10-19-41)82-68(100)101-34-46-44-22-13-11-20-42(44)43-21-12-14-23-45(43)46/h5-14,16-23,37-38,46-54,57,84-86H,15,24-36H2,1-4H3,(H2,69,91)(H,73,92)(H,74,87)(H,75,88)(H,76,95)(H,77,93)(H,78,98)(H,79,94)(H,80,99)(H,81,97)(H,82,100)(H,83,96)(H,89,90)(H4,70,71,72)/t38-,47+,48+,49+,50+,51+,52+,53+,54+,57+/m1/s1. The molecule has 33 nitrogen and oxygen atoms in total. The third-order valence-corrected chi connectivity index (χ3v) is 16.8. The first-order chi connectivity index (χ1) is 48.6. The molecule has 0 unspecified atom stereocenters. The van der Waals surface area contributed by atoms with Crippen LogP contribution in [0.1, 0.15) is 88.0 Å². The molecule has 0 fully saturated rings. The number of thioether (sulfide) groups is 1. The van der Waals surface area contributed by atoms with Gasteiger partial charge in [-0.05, 0) is 71.9 Å². The van der Waals surface area contributed by atoms with Crippen LogP contribution >= 0.6 is 11.8 Å². The Hall–Kier alpha value is -10.7. The van der Waals surface area contributed by atoms with Crippen LogP contribution < -0.4 is 75.7 Å². The minimum atomic E-state index is -1.87. The van der Waals surface area contributed by atoms with Crippen LogP contribution in [0.3, 0.4) is 0 Å². The molecule has 0 radical (unpaired) electrons. The van der Waals surface area contributed by atoms with E-state index in [2.05, 4.69) is 63.5 Å². The van der Waals surface area contributed by atoms with Crippen LogP contribution in [0.4, 0.5) is 4.79 Å². The van der Waals surface area contributed by atoms with Crippen LogP contribution in [0.5, 0.6) is 0 Å². The van der Waals surface area contributed by atoms with Gasteiger partial charge in [0.2, 0.25) is 65.0 Å². The highest BCUT2D eigenvalue weighted by molar-refractivity contribution is 7.99. The number of guanidine groups is 1. The number of hydrogen-bond acceptors (Lipinski definition) is 19. The van der Waals surface area contributed by atoms with E-state index in [1.54, 1.807) is 74.5 Å². The molecule has 34 heteroatoms. The van der Waals surface area contributed by atoms with Crippen LogP contribution in [0.15, 0.2) is 114 Å². The normalized spacial score (nSPS) is 14.4. The molecule has 10 atom stereocenters. The molecule has 0 spiro atoms. The Morgan fingerprint density at radius 3 is 1.52 bits per heavy atom. The lowest BCUT2D eigenvalue weighted by Gasteiger charge is -2.27. The fraction of sp³-hybridized carbons (Fsp3) is 0.441. The molecule has 0 saturated carbocycles. The Bertz CT molecular complexity index is 3540. The van der Waals surface area contributed by atoms with Gasteiger partial charge in [-0.1, -0.05) is 123 Å². The van der Waals surface area contributed by atoms with Crippen molar-refractivity contribution in [1.29, 1.82) is 0 Å². The van der Waals surface area contributed by atoms with Gasteiger partial charge in [-0.2, -0.15) is 0 Å². The van der Waals surface area contributed by atoms with Crippen LogP contribution in [0.2, 0.25) is 0 Å². The number of rotatable bonds is 42. The molecule has 21 N–H and O–H groups in total. The molecular weight excluding hydrogens is 1350 g/mol. The number of aliphatic hydroxyl groups is 3. The summed E-state index contributed by atoms with van der Waals surface area (Å²) in [5.74, 6) is -13.4. The second-order valence-electron chi connectivity index (χ2n) is 24.4. The summed E-state index contributed by atoms with van der Waals surface area (Å²) >= 11 is 0.949. The lowest BCUT2D eigenvalue weighted by atomic mass is 9.98. The molecule has 0 saturated heterocycles. The maximum atomic E-state index is 14.5. The highest BCUT2D eigenvalue weighted by Crippen LogP contribution is 2.44. The number of amides is 12. The molecule has 0 heterocycles. The summed E-state index contributed by atoms with van der Waals surface area (Å²) in [7, 11) is 0. The summed E-state index contributed by atoms with van der Waals surface area (Å²) < 4.78 is 5.74. The predicted octanol–water partition coefficient (Wildman–Crippen LogP) is -2.98. The average molecular weight is 1440 g/mol. The Kier molecular flexibility index (Phi) is 33.6. The van der Waals surface area contributed by atoms with Gasteiger partial charge in [-0.25, -0.2) is 4.79 Å². The number of nitrogens with one attached hydrogen (secondary N) is 11. The Balaban J connectivity index is 1.30. The van der Waals surface area contributed by atoms with Gasteiger partial charge in [0, 0.05) is 44.4 Å². The number of carboxylic acid groups (broad SMARTS) is 1. The van der Waals surface area contributed by atoms with Crippen molar-refractivity contribution in [3.63, 3.8) is 0 Å². The van der Waals surface area contributed by atoms with Crippen molar-refractivity contribution >= 4 is 94.8 Å². The molecule has 0 aromatic heterocycles. The molecule has 4 aromatic carbocycles. The monoisotopic (exact) mass is 1440 g/mol. The number of fused-ring (bicyclic) bond motifs is 3. The highest BCUT2D eigenvalue weighted by atomic mass is 32.2. The van der Waals surface area contributed by atoms with Gasteiger partial charge in [0.1, 0.15) is 61.0 Å². The SMILES string of the molecule is CC(=O)NCSC[C@H](NC(=O)[C@H](CO)NC(=O)[C@@H](NC(=O)[C@H](Cc1ccccc1)NC(=O)OCC1c2ccccc2-c2ccccc21)[C@@H](C)O)C(=O)N[C@@H](Cc1ccccc1)C(=O)NCC(=O)N[C@@H](CC(C)C)C(=O)N[C@@H](CCCN=C(N)N)C(=O)N[C@@H](CCC(=O)O)C(=O)N[C@@H](CO)C(N)=O. The first kappa shape index (κ1) is 82.0. The number of hydrogen-bond donors (Lipinski definition) is 18. The molecule has 5 rings (SSSR count). The van der Waals surface area contributed by atoms with E-state index in [0.29, 0.717) is 11.1 Å². The van der Waals surface area contributed by atoms with Crippen molar-refractivity contribution in [2.45, 2.75) is 139 Å². The smallest absolute Gasteiger partial charge is 0.407 e. The van der Waals surface area contributed by atoms with Gasteiger partial charge in [-0.15, -0.1) is 11.8 Å². The Morgan fingerprint density at radius 1 is 0.529 bits per heavy atom. The number of primary amides is 1. The number of aliphatic carboxylic acids is 1. The van der Waals surface area contributed by atoms with Crippen LogP contribution in [0, 0.1) is 5.92 Å². The van der Waals surface area contributed by atoms with Crippen LogP contribution in [-0.2, 0) is 75.1 Å². The minimum Gasteiger partial charge on any atom is -0.481 e. The Labute approximate surface area is 592 Å². The molecular formula is C68H91N15O18S. The molecule has 4 aromatic rings. The van der Waals surface area contributed by atoms with Crippen molar-refractivity contribution in [2.24, 2.45) is 28.1 Å². The summed E-state index contributed by atoms with van der Waals surface area (Å²) in [6, 6.07) is 17.9. The number of nitrogens with zero attached hydrogens (tertiary/aromatic N) is 1. The lowest BCUT2D eigenvalue weighted by Crippen LogP contribution is -2.62. The quantitative estimate of drug-likeness (QED) is 0.00911. The first-order valence-corrected chi connectivity index (χ1v) is 33.9. The topological polar surface area (TPSA) is 535 Å². The number of carbonyl (C=O) groups is 13. The summed E-state index contributed by atoms with van der Waals surface area (Å²) in [5.41, 5.74) is 21.1. The third kappa shape index (κ3) is 27.1. The van der Waals surface area contributed by atoms with Gasteiger partial charge in [0.15, 0.2) is 5.96 Å². The van der Waals surface area contributed by atoms with E-state index >= 15 is 0 Å². The van der Waals surface area contributed by atoms with E-state index in [-0.39, 0.29) is 74.7 Å².